The molecule has 2 unspecified atom stereocenters. The fraction of sp³-hybridized carbons (Fsp3) is 0.263. The molecule has 0 amide bonds. The van der Waals surface area contributed by atoms with Crippen molar-refractivity contribution in [1.82, 2.24) is 4.72 Å². The Bertz CT molecular complexity index is 754. The Balaban J connectivity index is 1.93. The minimum atomic E-state index is -3.54. The van der Waals surface area contributed by atoms with Crippen LogP contribution in [0, 0.1) is 5.92 Å². The maximum absolute atomic E-state index is 12.7. The van der Waals surface area contributed by atoms with Gasteiger partial charge in [0.25, 0.3) is 0 Å². The van der Waals surface area contributed by atoms with Crippen LogP contribution in [0.4, 0.5) is 0 Å². The summed E-state index contributed by atoms with van der Waals surface area (Å²) in [6, 6.07) is 18.1. The Morgan fingerprint density at radius 1 is 0.957 bits per heavy atom. The summed E-state index contributed by atoms with van der Waals surface area (Å²) in [6.07, 6.45) is 7.46. The number of nitrogens with one attached hydrogen (secondary N) is 1. The summed E-state index contributed by atoms with van der Waals surface area (Å²) < 4.78 is 28.4. The van der Waals surface area contributed by atoms with Crippen molar-refractivity contribution >= 4 is 10.0 Å². The summed E-state index contributed by atoms with van der Waals surface area (Å²) >= 11 is 0. The van der Waals surface area contributed by atoms with Gasteiger partial charge in [0.2, 0.25) is 10.0 Å². The summed E-state index contributed by atoms with van der Waals surface area (Å²) in [4.78, 5) is 0.306. The van der Waals surface area contributed by atoms with Crippen molar-refractivity contribution in [2.24, 2.45) is 5.92 Å². The Labute approximate surface area is 138 Å². The van der Waals surface area contributed by atoms with Crippen molar-refractivity contribution < 1.29 is 8.42 Å². The molecular formula is C19H21NO2S. The molecule has 120 valence electrons. The van der Waals surface area contributed by atoms with E-state index in [1.807, 2.05) is 36.4 Å². The molecule has 1 aliphatic rings. The van der Waals surface area contributed by atoms with E-state index in [1.54, 1.807) is 24.3 Å². The molecule has 1 N–H and O–H groups in total. The van der Waals surface area contributed by atoms with Crippen LogP contribution >= 0.6 is 0 Å². The van der Waals surface area contributed by atoms with Crippen LogP contribution in [0.5, 0.6) is 0 Å². The third-order valence-corrected chi connectivity index (χ3v) is 5.67. The van der Waals surface area contributed by atoms with Crippen molar-refractivity contribution in [3.05, 3.63) is 78.4 Å². The standard InChI is InChI=1S/C19H21NO2S/c21-23(22,18-14-8-3-9-15-18)20-19(16-10-4-1-5-11-16)17-12-6-2-7-13-17/h1,3-6,8-12,14-15,17,19-20H,2,7,13H2. The maximum atomic E-state index is 12.7. The first kappa shape index (κ1) is 16.0. The van der Waals surface area contributed by atoms with Crippen molar-refractivity contribution in [1.29, 1.82) is 0 Å². The molecule has 3 rings (SSSR count). The Morgan fingerprint density at radius 3 is 2.22 bits per heavy atom. The Morgan fingerprint density at radius 2 is 1.61 bits per heavy atom. The molecule has 0 spiro atoms. The molecule has 1 aliphatic carbocycles. The first-order valence-electron chi connectivity index (χ1n) is 7.96. The Kier molecular flexibility index (Phi) is 4.94. The summed E-state index contributed by atoms with van der Waals surface area (Å²) in [7, 11) is -3.54. The van der Waals surface area contributed by atoms with E-state index in [1.165, 1.54) is 0 Å². The smallest absolute Gasteiger partial charge is 0.207 e. The van der Waals surface area contributed by atoms with Crippen molar-refractivity contribution in [3.63, 3.8) is 0 Å². The SMILES string of the molecule is O=S(=O)(NC(c1ccccc1)C1C=CCCC1)c1ccccc1. The van der Waals surface area contributed by atoms with Crippen LogP contribution in [0.3, 0.4) is 0 Å². The van der Waals surface area contributed by atoms with Gasteiger partial charge in [-0.2, -0.15) is 0 Å². The number of hydrogen-bond acceptors (Lipinski definition) is 2. The summed E-state index contributed by atoms with van der Waals surface area (Å²) in [5.41, 5.74) is 1.00. The quantitative estimate of drug-likeness (QED) is 0.842. The second-order valence-corrected chi connectivity index (χ2v) is 7.56. The van der Waals surface area contributed by atoms with E-state index in [0.717, 1.165) is 24.8 Å². The van der Waals surface area contributed by atoms with Crippen molar-refractivity contribution in [2.45, 2.75) is 30.2 Å². The number of hydrogen-bond donors (Lipinski definition) is 1. The number of benzene rings is 2. The molecule has 0 saturated heterocycles. The van der Waals surface area contributed by atoms with Crippen LogP contribution in [0.1, 0.15) is 30.9 Å². The van der Waals surface area contributed by atoms with Crippen LogP contribution in [-0.4, -0.2) is 8.42 Å². The van der Waals surface area contributed by atoms with Gasteiger partial charge in [0.1, 0.15) is 0 Å². The molecule has 0 heterocycles. The average Bonchev–Trinajstić information content (AvgIpc) is 2.62. The molecule has 0 bridgehead atoms. The topological polar surface area (TPSA) is 46.2 Å². The van der Waals surface area contributed by atoms with E-state index in [4.69, 9.17) is 0 Å². The lowest BCUT2D eigenvalue weighted by molar-refractivity contribution is 0.424. The number of rotatable bonds is 5. The minimum absolute atomic E-state index is 0.185. The molecule has 0 aliphatic heterocycles. The first-order valence-corrected chi connectivity index (χ1v) is 9.44. The predicted molar refractivity (Wildman–Crippen MR) is 92.4 cm³/mol. The van der Waals surface area contributed by atoms with Crippen molar-refractivity contribution in [2.75, 3.05) is 0 Å². The van der Waals surface area contributed by atoms with Gasteiger partial charge in [-0.25, -0.2) is 13.1 Å². The second kappa shape index (κ2) is 7.11. The third kappa shape index (κ3) is 3.89. The third-order valence-electron chi connectivity index (χ3n) is 4.21. The van der Waals surface area contributed by atoms with Crippen LogP contribution in [0.25, 0.3) is 0 Å². The second-order valence-electron chi connectivity index (χ2n) is 5.85. The van der Waals surface area contributed by atoms with Crippen LogP contribution in [0.15, 0.2) is 77.7 Å². The zero-order valence-electron chi connectivity index (χ0n) is 12.9. The zero-order chi connectivity index (χ0) is 16.1. The molecule has 2 aromatic rings. The van der Waals surface area contributed by atoms with E-state index >= 15 is 0 Å². The predicted octanol–water partition coefficient (Wildman–Crippen LogP) is 4.06. The minimum Gasteiger partial charge on any atom is -0.207 e. The van der Waals surface area contributed by atoms with Gasteiger partial charge in [0, 0.05) is 0 Å². The zero-order valence-corrected chi connectivity index (χ0v) is 13.7. The largest absolute Gasteiger partial charge is 0.241 e. The maximum Gasteiger partial charge on any atom is 0.241 e. The summed E-state index contributed by atoms with van der Waals surface area (Å²) in [6.45, 7) is 0. The number of allylic oxidation sites excluding steroid dienone is 1. The van der Waals surface area contributed by atoms with Gasteiger partial charge in [0.05, 0.1) is 10.9 Å². The van der Waals surface area contributed by atoms with E-state index in [9.17, 15) is 8.42 Å². The van der Waals surface area contributed by atoms with Gasteiger partial charge in [-0.3, -0.25) is 0 Å². The highest BCUT2D eigenvalue weighted by molar-refractivity contribution is 7.89. The molecule has 2 atom stereocenters. The molecule has 0 aromatic heterocycles. The molecular weight excluding hydrogens is 306 g/mol. The Hall–Kier alpha value is -1.91. The highest BCUT2D eigenvalue weighted by atomic mass is 32.2. The molecule has 3 nitrogen and oxygen atoms in total. The van der Waals surface area contributed by atoms with Crippen LogP contribution in [-0.2, 0) is 10.0 Å². The lowest BCUT2D eigenvalue weighted by Crippen LogP contribution is -2.33. The van der Waals surface area contributed by atoms with E-state index in [-0.39, 0.29) is 12.0 Å². The van der Waals surface area contributed by atoms with Crippen LogP contribution < -0.4 is 4.72 Å². The number of sulfonamides is 1. The average molecular weight is 327 g/mol. The molecule has 0 saturated carbocycles. The molecule has 0 fully saturated rings. The van der Waals surface area contributed by atoms with Gasteiger partial charge in [-0.1, -0.05) is 60.7 Å². The van der Waals surface area contributed by atoms with Gasteiger partial charge in [-0.15, -0.1) is 0 Å². The van der Waals surface area contributed by atoms with E-state index in [0.29, 0.717) is 4.90 Å². The van der Waals surface area contributed by atoms with Crippen molar-refractivity contribution in [3.8, 4) is 0 Å². The first-order chi connectivity index (χ1) is 11.2. The molecule has 0 radical (unpaired) electrons. The molecule has 23 heavy (non-hydrogen) atoms. The van der Waals surface area contributed by atoms with E-state index < -0.39 is 10.0 Å². The lowest BCUT2D eigenvalue weighted by Gasteiger charge is -2.28. The fourth-order valence-corrected chi connectivity index (χ4v) is 4.31. The van der Waals surface area contributed by atoms with Gasteiger partial charge < -0.3 is 0 Å². The van der Waals surface area contributed by atoms with Gasteiger partial charge >= 0.3 is 0 Å². The monoisotopic (exact) mass is 327 g/mol. The molecule has 4 heteroatoms. The summed E-state index contributed by atoms with van der Waals surface area (Å²) in [5, 5.41) is 0. The normalized spacial score (nSPS) is 19.4. The van der Waals surface area contributed by atoms with Gasteiger partial charge in [-0.05, 0) is 42.9 Å². The fourth-order valence-electron chi connectivity index (χ4n) is 3.01. The highest BCUT2D eigenvalue weighted by Crippen LogP contribution is 2.31. The molecule has 2 aromatic carbocycles. The summed E-state index contributed by atoms with van der Waals surface area (Å²) in [5.74, 6) is 0.185. The lowest BCUT2D eigenvalue weighted by atomic mass is 9.86. The highest BCUT2D eigenvalue weighted by Gasteiger charge is 2.27. The van der Waals surface area contributed by atoms with Gasteiger partial charge in [0.15, 0.2) is 0 Å². The van der Waals surface area contributed by atoms with Crippen LogP contribution in [0.2, 0.25) is 0 Å². The van der Waals surface area contributed by atoms with E-state index in [2.05, 4.69) is 16.9 Å².